The molecular weight excluding hydrogens is 370 g/mol. The molecule has 0 saturated carbocycles. The molecule has 0 bridgehead atoms. The Kier molecular flexibility index (Phi) is 5.59. The van der Waals surface area contributed by atoms with Gasteiger partial charge in [-0.25, -0.2) is 4.98 Å². The molecule has 4 rings (SSSR count). The first-order chi connectivity index (χ1) is 14.1. The van der Waals surface area contributed by atoms with Crippen molar-refractivity contribution < 1.29 is 9.72 Å². The average molecular weight is 395 g/mol. The van der Waals surface area contributed by atoms with E-state index in [1.54, 1.807) is 18.3 Å². The lowest BCUT2D eigenvalue weighted by molar-refractivity contribution is -0.384. The molecule has 8 heteroatoms. The number of pyridine rings is 1. The maximum Gasteiger partial charge on any atom is 0.293 e. The summed E-state index contributed by atoms with van der Waals surface area (Å²) in [6, 6.07) is 8.65. The van der Waals surface area contributed by atoms with Gasteiger partial charge in [0.2, 0.25) is 0 Å². The molecule has 0 radical (unpaired) electrons. The van der Waals surface area contributed by atoms with Crippen LogP contribution >= 0.6 is 0 Å². The Balaban J connectivity index is 1.41. The maximum absolute atomic E-state index is 12.5. The first kappa shape index (κ1) is 19.2. The van der Waals surface area contributed by atoms with Gasteiger partial charge in [-0.1, -0.05) is 6.07 Å². The zero-order valence-corrected chi connectivity index (χ0v) is 16.3. The van der Waals surface area contributed by atoms with E-state index in [0.29, 0.717) is 17.8 Å². The summed E-state index contributed by atoms with van der Waals surface area (Å²) in [7, 11) is 0. The highest BCUT2D eigenvalue weighted by atomic mass is 16.6. The summed E-state index contributed by atoms with van der Waals surface area (Å²) < 4.78 is 0. The van der Waals surface area contributed by atoms with Gasteiger partial charge in [0, 0.05) is 50.6 Å². The van der Waals surface area contributed by atoms with Crippen molar-refractivity contribution in [3.63, 3.8) is 0 Å². The number of nitro benzene ring substituents is 1. The van der Waals surface area contributed by atoms with Gasteiger partial charge in [-0.2, -0.15) is 0 Å². The van der Waals surface area contributed by atoms with Gasteiger partial charge in [-0.3, -0.25) is 14.9 Å². The van der Waals surface area contributed by atoms with Gasteiger partial charge in [0.1, 0.15) is 11.5 Å². The van der Waals surface area contributed by atoms with E-state index in [9.17, 15) is 14.9 Å². The number of hydrogen-bond acceptors (Lipinski definition) is 6. The zero-order chi connectivity index (χ0) is 20.2. The van der Waals surface area contributed by atoms with Crippen LogP contribution < -0.4 is 15.1 Å². The first-order valence-corrected chi connectivity index (χ1v) is 10.1. The molecule has 1 aromatic heterocycles. The van der Waals surface area contributed by atoms with Crippen LogP contribution in [0, 0.1) is 10.1 Å². The minimum Gasteiger partial charge on any atom is -0.366 e. The number of rotatable bonds is 6. The number of carbonyl (C=O) groups is 1. The lowest BCUT2D eigenvalue weighted by atomic mass is 10.1. The molecule has 3 heterocycles. The van der Waals surface area contributed by atoms with E-state index in [-0.39, 0.29) is 11.6 Å². The Morgan fingerprint density at radius 1 is 1.03 bits per heavy atom. The second-order valence-electron chi connectivity index (χ2n) is 7.56. The van der Waals surface area contributed by atoms with Gasteiger partial charge in [-0.05, 0) is 49.4 Å². The summed E-state index contributed by atoms with van der Waals surface area (Å²) in [6.45, 7) is 4.03. The highest BCUT2D eigenvalue weighted by Gasteiger charge is 2.23. The van der Waals surface area contributed by atoms with E-state index in [1.165, 1.54) is 18.9 Å². The van der Waals surface area contributed by atoms with Crippen molar-refractivity contribution in [1.82, 2.24) is 10.3 Å². The highest BCUT2D eigenvalue weighted by molar-refractivity contribution is 5.95. The molecule has 8 nitrogen and oxygen atoms in total. The van der Waals surface area contributed by atoms with E-state index in [4.69, 9.17) is 0 Å². The smallest absolute Gasteiger partial charge is 0.293 e. The van der Waals surface area contributed by atoms with Crippen LogP contribution in [0.15, 0.2) is 36.5 Å². The lowest BCUT2D eigenvalue weighted by Gasteiger charge is -2.18. The van der Waals surface area contributed by atoms with Gasteiger partial charge in [0.05, 0.1) is 4.92 Å². The molecule has 0 spiro atoms. The minimum absolute atomic E-state index is 0.0174. The van der Waals surface area contributed by atoms with Crippen molar-refractivity contribution in [2.24, 2.45) is 0 Å². The molecule has 2 fully saturated rings. The Morgan fingerprint density at radius 3 is 2.34 bits per heavy atom. The molecule has 152 valence electrons. The van der Waals surface area contributed by atoms with Crippen LogP contribution in [-0.2, 0) is 6.54 Å². The molecule has 1 aromatic carbocycles. The van der Waals surface area contributed by atoms with Gasteiger partial charge in [0.25, 0.3) is 11.6 Å². The van der Waals surface area contributed by atoms with Crippen LogP contribution in [0.4, 0.5) is 17.2 Å². The average Bonchev–Trinajstić information content (AvgIpc) is 3.46. The van der Waals surface area contributed by atoms with E-state index < -0.39 is 4.92 Å². The molecule has 2 saturated heterocycles. The van der Waals surface area contributed by atoms with Crippen LogP contribution in [0.2, 0.25) is 0 Å². The molecule has 2 aliphatic heterocycles. The third kappa shape index (κ3) is 4.31. The van der Waals surface area contributed by atoms with Crippen molar-refractivity contribution in [3.05, 3.63) is 57.8 Å². The van der Waals surface area contributed by atoms with Gasteiger partial charge < -0.3 is 15.1 Å². The van der Waals surface area contributed by atoms with Gasteiger partial charge >= 0.3 is 0 Å². The number of carbonyl (C=O) groups excluding carboxylic acids is 1. The van der Waals surface area contributed by atoms with Crippen LogP contribution in [0.1, 0.15) is 41.6 Å². The fourth-order valence-corrected chi connectivity index (χ4v) is 3.98. The Bertz CT molecular complexity index is 888. The predicted octanol–water partition coefficient (Wildman–Crippen LogP) is 3.12. The molecule has 2 aliphatic rings. The number of anilines is 2. The first-order valence-electron chi connectivity index (χ1n) is 10.1. The number of nitro groups is 1. The maximum atomic E-state index is 12.5. The molecule has 2 aromatic rings. The van der Waals surface area contributed by atoms with Crippen molar-refractivity contribution >= 4 is 23.1 Å². The largest absolute Gasteiger partial charge is 0.366 e. The zero-order valence-electron chi connectivity index (χ0n) is 16.3. The Hall–Kier alpha value is -3.16. The summed E-state index contributed by atoms with van der Waals surface area (Å²) in [5.74, 6) is 0.635. The van der Waals surface area contributed by atoms with Crippen molar-refractivity contribution in [2.75, 3.05) is 36.0 Å². The van der Waals surface area contributed by atoms with Crippen molar-refractivity contribution in [3.8, 4) is 0 Å². The SMILES string of the molecule is O=C(NCc1ccc(N2CCCC2)nc1)c1ccc(N2CCCC2)c([N+](=O)[O-])c1. The van der Waals surface area contributed by atoms with E-state index >= 15 is 0 Å². The standard InChI is InChI=1S/C21H25N5O3/c27-21(23-15-16-5-8-20(22-14-16)25-11-3-4-12-25)17-6-7-18(19(13-17)26(28)29)24-9-1-2-10-24/h5-8,13-14H,1-4,9-12,15H2,(H,23,27). The fraction of sp³-hybridized carbons (Fsp3) is 0.429. The normalized spacial score (nSPS) is 16.3. The monoisotopic (exact) mass is 395 g/mol. The molecule has 1 N–H and O–H groups in total. The quantitative estimate of drug-likeness (QED) is 0.597. The molecule has 29 heavy (non-hydrogen) atoms. The van der Waals surface area contributed by atoms with E-state index in [1.807, 2.05) is 17.0 Å². The highest BCUT2D eigenvalue weighted by Crippen LogP contribution is 2.31. The molecule has 0 aliphatic carbocycles. The summed E-state index contributed by atoms with van der Waals surface area (Å²) in [4.78, 5) is 32.4. The van der Waals surface area contributed by atoms with Crippen LogP contribution in [0.3, 0.4) is 0 Å². The number of benzene rings is 1. The number of hydrogen-bond donors (Lipinski definition) is 1. The van der Waals surface area contributed by atoms with Crippen LogP contribution in [0.5, 0.6) is 0 Å². The van der Waals surface area contributed by atoms with E-state index in [2.05, 4.69) is 15.2 Å². The molecular formula is C21H25N5O3. The van der Waals surface area contributed by atoms with Crippen LogP contribution in [0.25, 0.3) is 0 Å². The van der Waals surface area contributed by atoms with Crippen molar-refractivity contribution in [1.29, 1.82) is 0 Å². The number of nitrogens with zero attached hydrogens (tertiary/aromatic N) is 4. The minimum atomic E-state index is -0.411. The summed E-state index contributed by atoms with van der Waals surface area (Å²) in [6.07, 6.45) is 6.23. The summed E-state index contributed by atoms with van der Waals surface area (Å²) >= 11 is 0. The molecule has 1 amide bonds. The van der Waals surface area contributed by atoms with Crippen molar-refractivity contribution in [2.45, 2.75) is 32.2 Å². The lowest BCUT2D eigenvalue weighted by Crippen LogP contribution is -2.24. The second-order valence-corrected chi connectivity index (χ2v) is 7.56. The number of amides is 1. The molecule has 0 unspecified atom stereocenters. The van der Waals surface area contributed by atoms with E-state index in [0.717, 1.165) is 50.4 Å². The third-order valence-corrected chi connectivity index (χ3v) is 5.57. The number of aromatic nitrogens is 1. The van der Waals surface area contributed by atoms with Crippen LogP contribution in [-0.4, -0.2) is 42.0 Å². The summed E-state index contributed by atoms with van der Waals surface area (Å²) in [5, 5.41) is 14.3. The second kappa shape index (κ2) is 8.46. The Morgan fingerprint density at radius 2 is 1.72 bits per heavy atom. The predicted molar refractivity (Wildman–Crippen MR) is 111 cm³/mol. The molecule has 0 atom stereocenters. The topological polar surface area (TPSA) is 91.6 Å². The van der Waals surface area contributed by atoms with Gasteiger partial charge in [0.15, 0.2) is 0 Å². The third-order valence-electron chi connectivity index (χ3n) is 5.57. The number of nitrogens with one attached hydrogen (secondary N) is 1. The fourth-order valence-electron chi connectivity index (χ4n) is 3.98. The van der Waals surface area contributed by atoms with Gasteiger partial charge in [-0.15, -0.1) is 0 Å². The summed E-state index contributed by atoms with van der Waals surface area (Å²) in [5.41, 5.74) is 1.76. The Labute approximate surface area is 169 Å².